The van der Waals surface area contributed by atoms with E-state index in [4.69, 9.17) is 15.2 Å². The second-order valence-electron chi connectivity index (χ2n) is 5.85. The molecule has 5 heteroatoms. The van der Waals surface area contributed by atoms with E-state index in [9.17, 15) is 4.79 Å². The molecule has 1 saturated carbocycles. The Kier molecular flexibility index (Phi) is 7.48. The molecule has 0 heterocycles. The van der Waals surface area contributed by atoms with Crippen LogP contribution in [0.4, 0.5) is 0 Å². The molecule has 0 radical (unpaired) electrons. The summed E-state index contributed by atoms with van der Waals surface area (Å²) in [6.45, 7) is 6.80. The highest BCUT2D eigenvalue weighted by molar-refractivity contribution is 5.79. The first-order valence-corrected chi connectivity index (χ1v) is 7.70. The van der Waals surface area contributed by atoms with Gasteiger partial charge in [0.25, 0.3) is 0 Å². The van der Waals surface area contributed by atoms with Gasteiger partial charge in [0.05, 0.1) is 13.2 Å². The van der Waals surface area contributed by atoms with Crippen LogP contribution in [0.1, 0.15) is 46.0 Å². The standard InChI is InChI=1S/C15H30N2O3/c1-4-20-14(18)15(2,16)9-5-6-10-17(11-12-19-3)13-7-8-13/h13H,4-12,16H2,1-3H3. The zero-order chi connectivity index (χ0) is 15.0. The fraction of sp³-hybridized carbons (Fsp3) is 0.933. The van der Waals surface area contributed by atoms with Crippen LogP contribution >= 0.6 is 0 Å². The van der Waals surface area contributed by atoms with E-state index in [1.54, 1.807) is 21.0 Å². The quantitative estimate of drug-likeness (QED) is 0.461. The van der Waals surface area contributed by atoms with Crippen molar-refractivity contribution >= 4 is 5.97 Å². The van der Waals surface area contributed by atoms with E-state index in [0.717, 1.165) is 38.6 Å². The lowest BCUT2D eigenvalue weighted by atomic mass is 9.96. The first kappa shape index (κ1) is 17.4. The van der Waals surface area contributed by atoms with Crippen molar-refractivity contribution in [3.63, 3.8) is 0 Å². The molecule has 1 rings (SSSR count). The lowest BCUT2D eigenvalue weighted by Gasteiger charge is -2.24. The van der Waals surface area contributed by atoms with Crippen molar-refractivity contribution in [2.45, 2.75) is 57.5 Å². The predicted molar refractivity (Wildman–Crippen MR) is 79.5 cm³/mol. The van der Waals surface area contributed by atoms with Gasteiger partial charge in [-0.2, -0.15) is 0 Å². The maximum atomic E-state index is 11.7. The topological polar surface area (TPSA) is 64.8 Å². The van der Waals surface area contributed by atoms with Gasteiger partial charge in [-0.15, -0.1) is 0 Å². The highest BCUT2D eigenvalue weighted by Crippen LogP contribution is 2.27. The third kappa shape index (κ3) is 6.20. The summed E-state index contributed by atoms with van der Waals surface area (Å²) in [7, 11) is 1.74. The third-order valence-electron chi connectivity index (χ3n) is 3.78. The van der Waals surface area contributed by atoms with Gasteiger partial charge in [-0.25, -0.2) is 0 Å². The van der Waals surface area contributed by atoms with Gasteiger partial charge in [0.2, 0.25) is 0 Å². The summed E-state index contributed by atoms with van der Waals surface area (Å²) in [4.78, 5) is 14.2. The number of nitrogens with two attached hydrogens (primary N) is 1. The number of unbranched alkanes of at least 4 members (excludes halogenated alkanes) is 1. The molecule has 1 atom stereocenters. The number of hydrogen-bond donors (Lipinski definition) is 1. The van der Waals surface area contributed by atoms with Gasteiger partial charge < -0.3 is 15.2 Å². The van der Waals surface area contributed by atoms with Crippen molar-refractivity contribution in [1.29, 1.82) is 0 Å². The largest absolute Gasteiger partial charge is 0.465 e. The van der Waals surface area contributed by atoms with Gasteiger partial charge in [0.1, 0.15) is 5.54 Å². The van der Waals surface area contributed by atoms with Crippen LogP contribution in [-0.4, -0.2) is 55.9 Å². The number of hydrogen-bond acceptors (Lipinski definition) is 5. The molecule has 1 aliphatic carbocycles. The molecule has 0 spiro atoms. The van der Waals surface area contributed by atoms with Gasteiger partial charge in [0.15, 0.2) is 0 Å². The van der Waals surface area contributed by atoms with Crippen LogP contribution < -0.4 is 5.73 Å². The normalized spacial score (nSPS) is 18.1. The van der Waals surface area contributed by atoms with E-state index in [0.29, 0.717) is 13.0 Å². The van der Waals surface area contributed by atoms with E-state index < -0.39 is 5.54 Å². The molecule has 1 fully saturated rings. The second kappa shape index (κ2) is 8.60. The van der Waals surface area contributed by atoms with Gasteiger partial charge in [0, 0.05) is 19.7 Å². The Bertz CT molecular complexity index is 291. The maximum absolute atomic E-state index is 11.7. The molecule has 5 nitrogen and oxygen atoms in total. The lowest BCUT2D eigenvalue weighted by molar-refractivity contribution is -0.149. The van der Waals surface area contributed by atoms with Crippen LogP contribution in [0.3, 0.4) is 0 Å². The summed E-state index contributed by atoms with van der Waals surface area (Å²) in [5.74, 6) is -0.293. The summed E-state index contributed by atoms with van der Waals surface area (Å²) in [5, 5.41) is 0. The average molecular weight is 286 g/mol. The average Bonchev–Trinajstić information content (AvgIpc) is 3.22. The van der Waals surface area contributed by atoms with Crippen molar-refractivity contribution < 1.29 is 14.3 Å². The summed E-state index contributed by atoms with van der Waals surface area (Å²) in [6, 6.07) is 0.750. The van der Waals surface area contributed by atoms with Crippen LogP contribution in [0, 0.1) is 0 Å². The molecule has 118 valence electrons. The van der Waals surface area contributed by atoms with Gasteiger partial charge in [-0.3, -0.25) is 9.69 Å². The van der Waals surface area contributed by atoms with E-state index in [1.165, 1.54) is 12.8 Å². The molecule has 0 aromatic heterocycles. The Morgan fingerprint density at radius 3 is 2.60 bits per heavy atom. The minimum absolute atomic E-state index is 0.293. The van der Waals surface area contributed by atoms with Crippen molar-refractivity contribution in [2.75, 3.05) is 33.4 Å². The third-order valence-corrected chi connectivity index (χ3v) is 3.78. The smallest absolute Gasteiger partial charge is 0.325 e. The Morgan fingerprint density at radius 1 is 1.35 bits per heavy atom. The first-order valence-electron chi connectivity index (χ1n) is 7.70. The highest BCUT2D eigenvalue weighted by Gasteiger charge is 2.30. The van der Waals surface area contributed by atoms with Crippen LogP contribution in [0.15, 0.2) is 0 Å². The summed E-state index contributed by atoms with van der Waals surface area (Å²) < 4.78 is 10.1. The Hall–Kier alpha value is -0.650. The van der Waals surface area contributed by atoms with Gasteiger partial charge in [-0.05, 0) is 52.5 Å². The number of rotatable bonds is 11. The monoisotopic (exact) mass is 286 g/mol. The zero-order valence-corrected chi connectivity index (χ0v) is 13.2. The predicted octanol–water partition coefficient (Wildman–Crippen LogP) is 1.55. The van der Waals surface area contributed by atoms with Gasteiger partial charge in [-0.1, -0.05) is 0 Å². The maximum Gasteiger partial charge on any atom is 0.325 e. The number of methoxy groups -OCH3 is 1. The fourth-order valence-corrected chi connectivity index (χ4v) is 2.33. The summed E-state index contributed by atoms with van der Waals surface area (Å²) in [5.41, 5.74) is 5.15. The van der Waals surface area contributed by atoms with Gasteiger partial charge >= 0.3 is 5.97 Å². The van der Waals surface area contributed by atoms with Crippen LogP contribution in [0.5, 0.6) is 0 Å². The molecule has 0 aromatic carbocycles. The second-order valence-corrected chi connectivity index (χ2v) is 5.85. The SMILES string of the molecule is CCOC(=O)C(C)(N)CCCCN(CCOC)C1CC1. The number of ether oxygens (including phenoxy) is 2. The Balaban J connectivity index is 2.20. The van der Waals surface area contributed by atoms with Crippen LogP contribution in [0.25, 0.3) is 0 Å². The van der Waals surface area contributed by atoms with Crippen molar-refractivity contribution in [1.82, 2.24) is 4.90 Å². The molecule has 2 N–H and O–H groups in total. The summed E-state index contributed by atoms with van der Waals surface area (Å²) in [6.07, 6.45) is 5.30. The fourth-order valence-electron chi connectivity index (χ4n) is 2.33. The summed E-state index contributed by atoms with van der Waals surface area (Å²) >= 11 is 0. The minimum Gasteiger partial charge on any atom is -0.465 e. The number of carbonyl (C=O) groups excluding carboxylic acids is 1. The molecular formula is C15H30N2O3. The minimum atomic E-state index is -0.854. The number of nitrogens with zero attached hydrogens (tertiary/aromatic N) is 1. The molecule has 0 saturated heterocycles. The van der Waals surface area contributed by atoms with Crippen LogP contribution in [0.2, 0.25) is 0 Å². The molecule has 0 aliphatic heterocycles. The Morgan fingerprint density at radius 2 is 2.05 bits per heavy atom. The van der Waals surface area contributed by atoms with E-state index >= 15 is 0 Å². The van der Waals surface area contributed by atoms with Crippen LogP contribution in [-0.2, 0) is 14.3 Å². The molecule has 0 bridgehead atoms. The highest BCUT2D eigenvalue weighted by atomic mass is 16.5. The zero-order valence-electron chi connectivity index (χ0n) is 13.2. The molecule has 0 amide bonds. The van der Waals surface area contributed by atoms with Crippen molar-refractivity contribution in [3.05, 3.63) is 0 Å². The first-order chi connectivity index (χ1) is 9.51. The number of esters is 1. The van der Waals surface area contributed by atoms with Crippen molar-refractivity contribution in [2.24, 2.45) is 5.73 Å². The molecule has 1 unspecified atom stereocenters. The van der Waals surface area contributed by atoms with E-state index in [-0.39, 0.29) is 5.97 Å². The Labute approximate surface area is 122 Å². The van der Waals surface area contributed by atoms with Crippen molar-refractivity contribution in [3.8, 4) is 0 Å². The molecule has 0 aromatic rings. The lowest BCUT2D eigenvalue weighted by Crippen LogP contribution is -2.46. The van der Waals surface area contributed by atoms with E-state index in [2.05, 4.69) is 4.90 Å². The molecule has 1 aliphatic rings. The molecule has 20 heavy (non-hydrogen) atoms. The number of carbonyl (C=O) groups is 1. The molecular weight excluding hydrogens is 256 g/mol. The van der Waals surface area contributed by atoms with E-state index in [1.807, 2.05) is 0 Å².